The van der Waals surface area contributed by atoms with Crippen molar-refractivity contribution in [2.24, 2.45) is 0 Å². The topological polar surface area (TPSA) is 50.5 Å². The van der Waals surface area contributed by atoms with Gasteiger partial charge in [-0.05, 0) is 20.5 Å². The van der Waals surface area contributed by atoms with Crippen molar-refractivity contribution in [2.75, 3.05) is 34.4 Å². The van der Waals surface area contributed by atoms with Crippen molar-refractivity contribution in [1.82, 2.24) is 15.4 Å². The number of hydrogen-bond acceptors (Lipinski definition) is 5. The molecular weight excluding hydrogens is 206 g/mol. The van der Waals surface area contributed by atoms with E-state index in [4.69, 9.17) is 9.26 Å². The summed E-state index contributed by atoms with van der Waals surface area (Å²) in [4.78, 5) is 2.20. The summed E-state index contributed by atoms with van der Waals surface area (Å²) in [7, 11) is 5.68. The molecule has 0 aliphatic carbocycles. The average Bonchev–Trinajstić information content (AvgIpc) is 2.66. The lowest BCUT2D eigenvalue weighted by molar-refractivity contribution is 0.174. The van der Waals surface area contributed by atoms with Crippen molar-refractivity contribution in [3.05, 3.63) is 17.5 Å². The molecule has 5 heteroatoms. The van der Waals surface area contributed by atoms with Crippen molar-refractivity contribution in [3.63, 3.8) is 0 Å². The molecule has 16 heavy (non-hydrogen) atoms. The fraction of sp³-hybridized carbons (Fsp3) is 0.727. The van der Waals surface area contributed by atoms with Crippen LogP contribution in [0.2, 0.25) is 0 Å². The van der Waals surface area contributed by atoms with E-state index in [1.54, 1.807) is 7.11 Å². The molecule has 0 bridgehead atoms. The lowest BCUT2D eigenvalue weighted by Crippen LogP contribution is -2.19. The molecule has 0 amide bonds. The minimum atomic E-state index is 0.747. The summed E-state index contributed by atoms with van der Waals surface area (Å²) in [6, 6.07) is 1.99. The summed E-state index contributed by atoms with van der Waals surface area (Å²) in [6.07, 6.45) is 1.03. The van der Waals surface area contributed by atoms with Gasteiger partial charge in [0.05, 0.1) is 12.2 Å². The maximum Gasteiger partial charge on any atom is 0.151 e. The molecule has 0 aliphatic rings. The average molecular weight is 227 g/mol. The van der Waals surface area contributed by atoms with Gasteiger partial charge in [-0.3, -0.25) is 4.90 Å². The molecule has 0 radical (unpaired) electrons. The molecule has 0 fully saturated rings. The first kappa shape index (κ1) is 13.2. The molecule has 0 spiro atoms. The molecule has 0 unspecified atom stereocenters. The summed E-state index contributed by atoms with van der Waals surface area (Å²) in [5.74, 6) is 0.908. The monoisotopic (exact) mass is 227 g/mol. The number of rotatable bonds is 8. The second-order valence-electron chi connectivity index (χ2n) is 3.90. The SMILES string of the molecule is CNCc1cc(CN(C)CCCOC)on1. The predicted molar refractivity (Wildman–Crippen MR) is 62.1 cm³/mol. The Morgan fingerprint density at radius 1 is 1.56 bits per heavy atom. The van der Waals surface area contributed by atoms with Gasteiger partial charge in [0.25, 0.3) is 0 Å². The maximum absolute atomic E-state index is 5.23. The number of nitrogens with zero attached hydrogens (tertiary/aromatic N) is 2. The van der Waals surface area contributed by atoms with Crippen LogP contribution in [-0.2, 0) is 17.8 Å². The Balaban J connectivity index is 2.28. The van der Waals surface area contributed by atoms with Crippen molar-refractivity contribution in [2.45, 2.75) is 19.5 Å². The molecule has 0 aliphatic heterocycles. The van der Waals surface area contributed by atoms with Gasteiger partial charge in [-0.2, -0.15) is 0 Å². The third-order valence-corrected chi connectivity index (χ3v) is 2.28. The maximum atomic E-state index is 5.23. The summed E-state index contributed by atoms with van der Waals surface area (Å²) >= 11 is 0. The van der Waals surface area contributed by atoms with Crippen LogP contribution >= 0.6 is 0 Å². The van der Waals surface area contributed by atoms with Crippen LogP contribution in [0, 0.1) is 0 Å². The normalized spacial score (nSPS) is 11.2. The van der Waals surface area contributed by atoms with Gasteiger partial charge in [0.2, 0.25) is 0 Å². The van der Waals surface area contributed by atoms with Gasteiger partial charge in [0.1, 0.15) is 0 Å². The molecule has 1 rings (SSSR count). The summed E-state index contributed by atoms with van der Waals surface area (Å²) in [5, 5.41) is 7.01. The molecular formula is C11H21N3O2. The highest BCUT2D eigenvalue weighted by atomic mass is 16.5. The van der Waals surface area contributed by atoms with Gasteiger partial charge in [-0.25, -0.2) is 0 Å². The minimum Gasteiger partial charge on any atom is -0.385 e. The number of ether oxygens (including phenoxy) is 1. The smallest absolute Gasteiger partial charge is 0.151 e. The van der Waals surface area contributed by atoms with E-state index < -0.39 is 0 Å². The Morgan fingerprint density at radius 2 is 2.38 bits per heavy atom. The van der Waals surface area contributed by atoms with Crippen LogP contribution in [0.3, 0.4) is 0 Å². The Labute approximate surface area is 96.7 Å². The Hall–Kier alpha value is -0.910. The summed E-state index contributed by atoms with van der Waals surface area (Å²) in [6.45, 7) is 3.33. The van der Waals surface area contributed by atoms with Crippen LogP contribution in [-0.4, -0.2) is 44.4 Å². The fourth-order valence-corrected chi connectivity index (χ4v) is 1.52. The number of nitrogens with one attached hydrogen (secondary N) is 1. The lowest BCUT2D eigenvalue weighted by Gasteiger charge is -2.13. The third kappa shape index (κ3) is 4.74. The highest BCUT2D eigenvalue weighted by Gasteiger charge is 2.06. The van der Waals surface area contributed by atoms with Gasteiger partial charge in [0, 0.05) is 32.9 Å². The second-order valence-corrected chi connectivity index (χ2v) is 3.90. The molecule has 92 valence electrons. The first-order chi connectivity index (χ1) is 7.76. The molecule has 0 atom stereocenters. The van der Waals surface area contributed by atoms with E-state index in [0.717, 1.165) is 44.1 Å². The molecule has 0 saturated heterocycles. The Kier molecular flexibility index (Phi) is 6.07. The van der Waals surface area contributed by atoms with E-state index in [1.807, 2.05) is 13.1 Å². The van der Waals surface area contributed by atoms with Crippen LogP contribution < -0.4 is 5.32 Å². The first-order valence-corrected chi connectivity index (χ1v) is 5.52. The quantitative estimate of drug-likeness (QED) is 0.668. The van der Waals surface area contributed by atoms with E-state index in [2.05, 4.69) is 22.4 Å². The zero-order valence-electron chi connectivity index (χ0n) is 10.3. The van der Waals surface area contributed by atoms with Crippen LogP contribution in [0.1, 0.15) is 17.9 Å². The van der Waals surface area contributed by atoms with E-state index in [9.17, 15) is 0 Å². The van der Waals surface area contributed by atoms with Crippen LogP contribution in [0.5, 0.6) is 0 Å². The van der Waals surface area contributed by atoms with Gasteiger partial charge < -0.3 is 14.6 Å². The van der Waals surface area contributed by atoms with Crippen LogP contribution in [0.4, 0.5) is 0 Å². The second kappa shape index (κ2) is 7.38. The molecule has 1 N–H and O–H groups in total. The fourth-order valence-electron chi connectivity index (χ4n) is 1.52. The zero-order valence-corrected chi connectivity index (χ0v) is 10.3. The first-order valence-electron chi connectivity index (χ1n) is 5.52. The van der Waals surface area contributed by atoms with E-state index >= 15 is 0 Å². The molecule has 0 saturated carbocycles. The molecule has 0 aromatic carbocycles. The summed E-state index contributed by atoms with van der Waals surface area (Å²) in [5.41, 5.74) is 0.947. The van der Waals surface area contributed by atoms with E-state index in [1.165, 1.54) is 0 Å². The van der Waals surface area contributed by atoms with E-state index in [-0.39, 0.29) is 0 Å². The van der Waals surface area contributed by atoms with Crippen molar-refractivity contribution in [1.29, 1.82) is 0 Å². The van der Waals surface area contributed by atoms with Gasteiger partial charge >= 0.3 is 0 Å². The zero-order chi connectivity index (χ0) is 11.8. The highest BCUT2D eigenvalue weighted by Crippen LogP contribution is 2.06. The molecule has 1 aromatic heterocycles. The van der Waals surface area contributed by atoms with Crippen molar-refractivity contribution < 1.29 is 9.26 Å². The van der Waals surface area contributed by atoms with Crippen LogP contribution in [0.25, 0.3) is 0 Å². The standard InChI is InChI=1S/C11H21N3O2/c1-12-8-10-7-11(16-13-10)9-14(2)5-4-6-15-3/h7,12H,4-6,8-9H2,1-3H3. The highest BCUT2D eigenvalue weighted by molar-refractivity contribution is 5.04. The third-order valence-electron chi connectivity index (χ3n) is 2.28. The number of methoxy groups -OCH3 is 1. The number of aromatic nitrogens is 1. The Morgan fingerprint density at radius 3 is 3.06 bits per heavy atom. The van der Waals surface area contributed by atoms with Gasteiger partial charge in [-0.1, -0.05) is 5.16 Å². The largest absolute Gasteiger partial charge is 0.385 e. The lowest BCUT2D eigenvalue weighted by atomic mass is 10.3. The molecule has 1 aromatic rings. The predicted octanol–water partition coefficient (Wildman–Crippen LogP) is 0.862. The summed E-state index contributed by atoms with van der Waals surface area (Å²) < 4.78 is 10.2. The molecule has 5 nitrogen and oxygen atoms in total. The minimum absolute atomic E-state index is 0.747. The van der Waals surface area contributed by atoms with E-state index in [0.29, 0.717) is 0 Å². The molecule has 1 heterocycles. The van der Waals surface area contributed by atoms with Crippen molar-refractivity contribution >= 4 is 0 Å². The Bertz CT molecular complexity index is 289. The van der Waals surface area contributed by atoms with Crippen LogP contribution in [0.15, 0.2) is 10.6 Å². The van der Waals surface area contributed by atoms with Crippen molar-refractivity contribution in [3.8, 4) is 0 Å². The number of hydrogen-bond donors (Lipinski definition) is 1. The van der Waals surface area contributed by atoms with Gasteiger partial charge in [-0.15, -0.1) is 0 Å². The van der Waals surface area contributed by atoms with Gasteiger partial charge in [0.15, 0.2) is 5.76 Å².